The van der Waals surface area contributed by atoms with E-state index in [2.05, 4.69) is 14.6 Å². The van der Waals surface area contributed by atoms with Crippen molar-refractivity contribution in [3.8, 4) is 0 Å². The summed E-state index contributed by atoms with van der Waals surface area (Å²) >= 11 is 5.71. The molecule has 1 unspecified atom stereocenters. The Labute approximate surface area is 119 Å². The highest BCUT2D eigenvalue weighted by Crippen LogP contribution is 2.16. The third-order valence-corrected chi connectivity index (χ3v) is 5.07. The summed E-state index contributed by atoms with van der Waals surface area (Å²) in [5, 5.41) is 0.178. The maximum Gasteiger partial charge on any atom is 0.240 e. The third-order valence-electron chi connectivity index (χ3n) is 3.44. The number of rotatable bonds is 4. The summed E-state index contributed by atoms with van der Waals surface area (Å²) in [5.41, 5.74) is 0. The first-order valence-electron chi connectivity index (χ1n) is 6.30. The van der Waals surface area contributed by atoms with Gasteiger partial charge in [-0.15, -0.1) is 0 Å². The van der Waals surface area contributed by atoms with Gasteiger partial charge in [-0.3, -0.25) is 0 Å². The van der Waals surface area contributed by atoms with Gasteiger partial charge in [0.05, 0.1) is 4.90 Å². The summed E-state index contributed by atoms with van der Waals surface area (Å²) in [6.07, 6.45) is 4.75. The van der Waals surface area contributed by atoms with E-state index in [4.69, 9.17) is 11.6 Å². The number of likely N-dealkylation sites (tertiary alicyclic amines) is 1. The van der Waals surface area contributed by atoms with E-state index in [-0.39, 0.29) is 16.1 Å². The second-order valence-electron chi connectivity index (χ2n) is 4.80. The van der Waals surface area contributed by atoms with E-state index in [1.54, 1.807) is 0 Å². The average Bonchev–Trinajstić information content (AvgIpc) is 2.38. The number of piperidine rings is 1. The van der Waals surface area contributed by atoms with Crippen LogP contribution in [0, 0.1) is 0 Å². The predicted octanol–water partition coefficient (Wildman–Crippen LogP) is 1.50. The van der Waals surface area contributed by atoms with Crippen molar-refractivity contribution in [3.05, 3.63) is 23.5 Å². The molecular weight excluding hydrogens is 286 g/mol. The third kappa shape index (κ3) is 3.89. The minimum absolute atomic E-state index is 0.158. The molecule has 19 heavy (non-hydrogen) atoms. The molecule has 0 bridgehead atoms. The average molecular weight is 304 g/mol. The fourth-order valence-electron chi connectivity index (χ4n) is 2.24. The number of pyridine rings is 1. The molecule has 1 saturated heterocycles. The zero-order valence-corrected chi connectivity index (χ0v) is 12.4. The number of nitrogens with zero attached hydrogens (tertiary/aromatic N) is 2. The molecule has 5 nitrogen and oxygen atoms in total. The summed E-state index contributed by atoms with van der Waals surface area (Å²) in [6.45, 7) is 1.45. The molecule has 0 radical (unpaired) electrons. The molecular formula is C12H18ClN3O2S. The Bertz CT molecular complexity index is 536. The van der Waals surface area contributed by atoms with Crippen molar-refractivity contribution in [2.45, 2.75) is 30.2 Å². The lowest BCUT2D eigenvalue weighted by atomic mass is 10.0. The molecule has 106 valence electrons. The second-order valence-corrected chi connectivity index (χ2v) is 6.95. The minimum Gasteiger partial charge on any atom is -0.302 e. The standard InChI is InChI=1S/C12H18ClN3O2S/c1-16-7-3-2-4-10(16)9-15-19(17,18)11-5-6-14-12(13)8-11/h5-6,8,10,15H,2-4,7,9H2,1H3. The van der Waals surface area contributed by atoms with Crippen LogP contribution in [0.15, 0.2) is 23.2 Å². The number of halogens is 1. The van der Waals surface area contributed by atoms with Crippen molar-refractivity contribution < 1.29 is 8.42 Å². The van der Waals surface area contributed by atoms with Crippen LogP contribution in [0.5, 0.6) is 0 Å². The number of likely N-dealkylation sites (N-methyl/N-ethyl adjacent to an activating group) is 1. The van der Waals surface area contributed by atoms with Crippen molar-refractivity contribution in [2.75, 3.05) is 20.1 Å². The number of sulfonamides is 1. The number of hydrogen-bond acceptors (Lipinski definition) is 4. The van der Waals surface area contributed by atoms with Crippen LogP contribution >= 0.6 is 11.6 Å². The zero-order chi connectivity index (χ0) is 13.9. The normalized spacial score (nSPS) is 21.5. The highest BCUT2D eigenvalue weighted by atomic mass is 35.5. The summed E-state index contributed by atoms with van der Waals surface area (Å²) in [7, 11) is -1.48. The molecule has 1 aromatic heterocycles. The maximum atomic E-state index is 12.1. The SMILES string of the molecule is CN1CCCCC1CNS(=O)(=O)c1ccnc(Cl)c1. The summed E-state index contributed by atoms with van der Waals surface area (Å²) in [5.74, 6) is 0. The van der Waals surface area contributed by atoms with Crippen LogP contribution in [0.3, 0.4) is 0 Å². The first kappa shape index (κ1) is 14.7. The summed E-state index contributed by atoms with van der Waals surface area (Å²) in [6, 6.07) is 3.06. The van der Waals surface area contributed by atoms with Crippen LogP contribution in [-0.2, 0) is 10.0 Å². The first-order chi connectivity index (χ1) is 8.99. The molecule has 1 aromatic rings. The topological polar surface area (TPSA) is 62.3 Å². The lowest BCUT2D eigenvalue weighted by Gasteiger charge is -2.32. The van der Waals surface area contributed by atoms with E-state index in [9.17, 15) is 8.42 Å². The van der Waals surface area contributed by atoms with Gasteiger partial charge in [-0.1, -0.05) is 18.0 Å². The van der Waals surface area contributed by atoms with Gasteiger partial charge in [-0.25, -0.2) is 18.1 Å². The fourth-order valence-corrected chi connectivity index (χ4v) is 3.57. The Morgan fingerprint density at radius 2 is 2.32 bits per heavy atom. The molecule has 1 atom stereocenters. The van der Waals surface area contributed by atoms with Crippen molar-refractivity contribution in [2.24, 2.45) is 0 Å². The van der Waals surface area contributed by atoms with Crippen LogP contribution in [0.4, 0.5) is 0 Å². The van der Waals surface area contributed by atoms with E-state index < -0.39 is 10.0 Å². The van der Waals surface area contributed by atoms with Gasteiger partial charge in [0.25, 0.3) is 0 Å². The Morgan fingerprint density at radius 3 is 3.00 bits per heavy atom. The molecule has 2 rings (SSSR count). The summed E-state index contributed by atoms with van der Waals surface area (Å²) < 4.78 is 26.9. The van der Waals surface area contributed by atoms with Gasteiger partial charge in [0, 0.05) is 18.8 Å². The van der Waals surface area contributed by atoms with Gasteiger partial charge in [-0.05, 0) is 38.6 Å². The van der Waals surface area contributed by atoms with Crippen LogP contribution in [0.2, 0.25) is 5.15 Å². The van der Waals surface area contributed by atoms with Crippen molar-refractivity contribution in [1.29, 1.82) is 0 Å². The minimum atomic E-state index is -3.51. The molecule has 1 fully saturated rings. The largest absolute Gasteiger partial charge is 0.302 e. The lowest BCUT2D eigenvalue weighted by Crippen LogP contribution is -2.44. The van der Waals surface area contributed by atoms with Crippen LogP contribution in [-0.4, -0.2) is 44.5 Å². The van der Waals surface area contributed by atoms with Gasteiger partial charge in [0.15, 0.2) is 0 Å². The van der Waals surface area contributed by atoms with Crippen LogP contribution in [0.25, 0.3) is 0 Å². The molecule has 1 aliphatic rings. The molecule has 0 aromatic carbocycles. The highest BCUT2D eigenvalue weighted by molar-refractivity contribution is 7.89. The number of nitrogens with one attached hydrogen (secondary N) is 1. The van der Waals surface area contributed by atoms with E-state index in [1.807, 2.05) is 7.05 Å². The molecule has 0 spiro atoms. The molecule has 0 amide bonds. The Morgan fingerprint density at radius 1 is 1.53 bits per heavy atom. The van der Waals surface area contributed by atoms with Crippen molar-refractivity contribution in [3.63, 3.8) is 0 Å². The van der Waals surface area contributed by atoms with E-state index in [0.717, 1.165) is 19.4 Å². The molecule has 1 aliphatic heterocycles. The molecule has 7 heteroatoms. The zero-order valence-electron chi connectivity index (χ0n) is 10.8. The van der Waals surface area contributed by atoms with Gasteiger partial charge in [0.1, 0.15) is 5.15 Å². The van der Waals surface area contributed by atoms with Crippen LogP contribution in [0.1, 0.15) is 19.3 Å². The van der Waals surface area contributed by atoms with E-state index in [1.165, 1.54) is 24.8 Å². The quantitative estimate of drug-likeness (QED) is 0.856. The Kier molecular flexibility index (Phi) is 4.78. The lowest BCUT2D eigenvalue weighted by molar-refractivity contribution is 0.187. The van der Waals surface area contributed by atoms with Gasteiger partial charge in [0.2, 0.25) is 10.0 Å². The fraction of sp³-hybridized carbons (Fsp3) is 0.583. The molecule has 0 saturated carbocycles. The van der Waals surface area contributed by atoms with Gasteiger partial charge in [-0.2, -0.15) is 0 Å². The number of hydrogen-bond donors (Lipinski definition) is 1. The van der Waals surface area contributed by atoms with E-state index >= 15 is 0 Å². The molecule has 0 aliphatic carbocycles. The van der Waals surface area contributed by atoms with E-state index in [0.29, 0.717) is 6.54 Å². The highest BCUT2D eigenvalue weighted by Gasteiger charge is 2.22. The van der Waals surface area contributed by atoms with Gasteiger partial charge >= 0.3 is 0 Å². The number of aromatic nitrogens is 1. The Hall–Kier alpha value is -0.690. The predicted molar refractivity (Wildman–Crippen MR) is 74.7 cm³/mol. The van der Waals surface area contributed by atoms with Gasteiger partial charge < -0.3 is 4.90 Å². The van der Waals surface area contributed by atoms with Crippen LogP contribution < -0.4 is 4.72 Å². The first-order valence-corrected chi connectivity index (χ1v) is 8.16. The summed E-state index contributed by atoms with van der Waals surface area (Å²) in [4.78, 5) is 6.14. The monoisotopic (exact) mass is 303 g/mol. The maximum absolute atomic E-state index is 12.1. The van der Waals surface area contributed by atoms with Crippen molar-refractivity contribution in [1.82, 2.24) is 14.6 Å². The molecule has 1 N–H and O–H groups in total. The van der Waals surface area contributed by atoms with Crippen molar-refractivity contribution >= 4 is 21.6 Å². The smallest absolute Gasteiger partial charge is 0.240 e. The Balaban J connectivity index is 2.01. The second kappa shape index (κ2) is 6.17. The molecule has 2 heterocycles.